The van der Waals surface area contributed by atoms with Crippen LogP contribution >= 0.6 is 11.6 Å². The van der Waals surface area contributed by atoms with Crippen LogP contribution in [-0.2, 0) is 54.0 Å². The molecule has 6 heterocycles. The first-order chi connectivity index (χ1) is 36.0. The van der Waals surface area contributed by atoms with Crippen molar-refractivity contribution in [1.29, 1.82) is 0 Å². The summed E-state index contributed by atoms with van der Waals surface area (Å²) in [5.41, 5.74) is 6.57. The van der Waals surface area contributed by atoms with Gasteiger partial charge in [-0.2, -0.15) is 9.97 Å². The Hall–Kier alpha value is -4.04. The first kappa shape index (κ1) is 69.2. The van der Waals surface area contributed by atoms with E-state index in [1.807, 2.05) is 0 Å². The predicted octanol–water partition coefficient (Wildman–Crippen LogP) is -2.60. The number of hydrogen-bond donors (Lipinski definition) is 3. The molecule has 0 unspecified atom stereocenters. The SMILES string of the molecule is CN1C(N)=N[C@](C)(c2cc(/C=C(\F)c3cnc(Cl)cn3)cc(F)c2F)CS1(=O)=O.Cc1noc(CO)n1.Cc1noc(COc2cnc(/C(F)=C/c3cc(F)c(F)c([C@]4(C)CS(=O)(=O)N(C)C(N)=N4)c3)cn2)n1.O=CO[O-].[Cs+].[Cs+].[H-]. The number of hydrogen-bond acceptors (Lipinski definition) is 23. The average molecular weight is 1410 g/mol. The number of nitrogens with two attached hydrogens (primary N) is 2. The largest absolute Gasteiger partial charge is 1.00 e. The molecule has 2 atom stereocenters. The molecule has 0 fully saturated rings. The molecule has 0 saturated heterocycles. The van der Waals surface area contributed by atoms with Crippen LogP contribution in [0.5, 0.6) is 5.88 Å². The van der Waals surface area contributed by atoms with Crippen LogP contribution in [0.25, 0.3) is 23.8 Å². The van der Waals surface area contributed by atoms with Crippen molar-refractivity contribution in [3.8, 4) is 5.88 Å². The van der Waals surface area contributed by atoms with Gasteiger partial charge in [-0.15, -0.1) is 0 Å². The Morgan fingerprint density at radius 2 is 1.18 bits per heavy atom. The number of aromatic nitrogens is 8. The molecule has 0 spiro atoms. The van der Waals surface area contributed by atoms with Crippen molar-refractivity contribution >= 4 is 73.8 Å². The van der Waals surface area contributed by atoms with Crippen molar-refractivity contribution in [2.75, 3.05) is 25.6 Å². The summed E-state index contributed by atoms with van der Waals surface area (Å²) in [4.78, 5) is 42.3. The van der Waals surface area contributed by atoms with Gasteiger partial charge < -0.3 is 41.9 Å². The third kappa shape index (κ3) is 18.5. The quantitative estimate of drug-likeness (QED) is 0.0518. The average Bonchev–Trinajstić information content (AvgIpc) is 4.00. The van der Waals surface area contributed by atoms with Gasteiger partial charge >= 0.3 is 138 Å². The fourth-order valence-electron chi connectivity index (χ4n) is 6.68. The standard InChI is InChI=1S/C21H20F3N7O4S.C17H15ClF3N5O2S.C4H6N2O2.CH2O3.2Cs.H/c1-11-28-18(35-30-11)9-34-17-8-26-16(7-27-17)14(22)5-12-4-13(19(24)15(23)6-12)21(2)10-36(32,33)31(3)20(25)29-21;1-17(8-29(27,28)26(2)16(22)25-17)10-3-9(5-12(20)15(10)21)4-11(19)13-6-24-14(18)7-23-13;1-3-5-4(2-7)8-6-3;2-1-4-3;;;/h4-8H,9-10H2,1-3H3,(H2,25,29);3-7H,8H2,1-2H3,(H2,22,25);7H,2H2,1H3;1,3H;;;/q;;;;2*+1;-1/p-1/b14-5-;11-4-;;;;;/t21-;17-;;;;;/m00...../s1. The molecule has 2 aromatic carbocycles. The summed E-state index contributed by atoms with van der Waals surface area (Å²) in [7, 11) is -5.46. The molecule has 36 heteroatoms. The maximum atomic E-state index is 14.9. The molecule has 8 rings (SSSR count). The van der Waals surface area contributed by atoms with E-state index >= 15 is 0 Å². The second kappa shape index (κ2) is 29.8. The van der Waals surface area contributed by atoms with Crippen LogP contribution in [0.2, 0.25) is 5.15 Å². The minimum atomic E-state index is -3.94. The fourth-order valence-corrected chi connectivity index (χ4v) is 9.67. The molecule has 0 bridgehead atoms. The van der Waals surface area contributed by atoms with Gasteiger partial charge in [0.2, 0.25) is 37.8 Å². The number of aryl methyl sites for hydroxylation is 2. The maximum Gasteiger partial charge on any atom is 1.00 e. The van der Waals surface area contributed by atoms with Crippen LogP contribution in [-0.4, -0.2) is 115 Å². The Labute approximate surface area is 569 Å². The molecule has 5 N–H and O–H groups in total. The molecule has 4 aromatic heterocycles. The number of aliphatic imine (C=N–C) groups is 2. The molecule has 6 aromatic rings. The van der Waals surface area contributed by atoms with Crippen molar-refractivity contribution < 1.29 is 216 Å². The molecule has 0 amide bonds. The zero-order valence-corrected chi connectivity index (χ0v) is 57.6. The molecule has 25 nitrogen and oxygen atoms in total. The number of guanidine groups is 2. The smallest absolute Gasteiger partial charge is 1.00 e. The second-order valence-electron chi connectivity index (χ2n) is 16.2. The number of nitrogens with zero attached hydrogens (tertiary/aromatic N) is 12. The molecule has 2 aliphatic heterocycles. The first-order valence-electron chi connectivity index (χ1n) is 21.3. The number of ether oxygens (including phenoxy) is 1. The van der Waals surface area contributed by atoms with Gasteiger partial charge in [0.15, 0.2) is 53.2 Å². The van der Waals surface area contributed by atoms with E-state index in [2.05, 4.69) is 59.6 Å². The van der Waals surface area contributed by atoms with Gasteiger partial charge in [-0.05, 0) is 75.2 Å². The summed E-state index contributed by atoms with van der Waals surface area (Å²) in [5.74, 6) is -7.56. The minimum Gasteiger partial charge on any atom is -1.00 e. The molecule has 79 heavy (non-hydrogen) atoms. The third-order valence-corrected chi connectivity index (χ3v) is 14.5. The van der Waals surface area contributed by atoms with Crippen LogP contribution in [0.1, 0.15) is 72.3 Å². The maximum absolute atomic E-state index is 14.9. The molecular formula is C43H43ClCs2F6N14O11S2. The molecule has 0 radical (unpaired) electrons. The van der Waals surface area contributed by atoms with Crippen LogP contribution in [0.15, 0.2) is 68.1 Å². The fraction of sp³-hybridized carbons (Fsp3) is 0.279. The normalized spacial score (nSPS) is 18.3. The number of carbonyl (C=O) groups is 1. The summed E-state index contributed by atoms with van der Waals surface area (Å²) in [5, 5.41) is 23.9. The van der Waals surface area contributed by atoms with Gasteiger partial charge in [-0.3, -0.25) is 4.79 Å². The van der Waals surface area contributed by atoms with Crippen LogP contribution < -0.4 is 159 Å². The summed E-state index contributed by atoms with van der Waals surface area (Å²) in [6.07, 6.45) is 6.25. The van der Waals surface area contributed by atoms with E-state index in [-0.39, 0.29) is 222 Å². The van der Waals surface area contributed by atoms with Crippen molar-refractivity contribution in [2.24, 2.45) is 21.5 Å². The molecular weight excluding hydrogens is 1370 g/mol. The molecule has 0 saturated carbocycles. The zero-order valence-electron chi connectivity index (χ0n) is 43.7. The predicted molar refractivity (Wildman–Crippen MR) is 257 cm³/mol. The second-order valence-corrected chi connectivity index (χ2v) is 20.6. The van der Waals surface area contributed by atoms with Gasteiger partial charge in [-0.1, -0.05) is 21.9 Å². The van der Waals surface area contributed by atoms with Gasteiger partial charge in [0.1, 0.15) is 34.2 Å². The number of aliphatic hydroxyl groups excluding tert-OH is 1. The van der Waals surface area contributed by atoms with Crippen molar-refractivity contribution in [2.45, 2.75) is 52.0 Å². The van der Waals surface area contributed by atoms with E-state index in [1.54, 1.807) is 13.8 Å². The van der Waals surface area contributed by atoms with Crippen LogP contribution in [0.4, 0.5) is 26.3 Å². The molecule has 0 aliphatic carbocycles. The number of halogens is 7. The molecule has 414 valence electrons. The third-order valence-electron chi connectivity index (χ3n) is 10.4. The number of sulfonamides is 2. The number of benzene rings is 2. The Morgan fingerprint density at radius 3 is 1.51 bits per heavy atom. The first-order valence-corrected chi connectivity index (χ1v) is 24.9. The summed E-state index contributed by atoms with van der Waals surface area (Å²) < 4.78 is 153. The minimum absolute atomic E-state index is 0. The van der Waals surface area contributed by atoms with Crippen LogP contribution in [0.3, 0.4) is 0 Å². The number of rotatable bonds is 11. The number of aliphatic hydroxyl groups is 1. The van der Waals surface area contributed by atoms with E-state index < -0.39 is 83.1 Å². The zero-order chi connectivity index (χ0) is 57.2. The van der Waals surface area contributed by atoms with E-state index in [0.717, 1.165) is 69.8 Å². The van der Waals surface area contributed by atoms with Crippen molar-refractivity contribution in [3.05, 3.63) is 135 Å². The van der Waals surface area contributed by atoms with E-state index in [4.69, 9.17) is 47.5 Å². The summed E-state index contributed by atoms with van der Waals surface area (Å²) >= 11 is 5.60. The number of carbonyl (C=O) groups excluding carboxylic acids is 1. The van der Waals surface area contributed by atoms with Gasteiger partial charge in [0.05, 0.1) is 36.3 Å². The Bertz CT molecular complexity index is 3490. The molecule has 2 aliphatic rings. The monoisotopic (exact) mass is 1410 g/mol. The van der Waals surface area contributed by atoms with E-state index in [0.29, 0.717) is 11.6 Å². The Kier molecular flexibility index (Phi) is 26.1. The summed E-state index contributed by atoms with van der Waals surface area (Å²) in [6, 6.07) is 3.74. The van der Waals surface area contributed by atoms with Gasteiger partial charge in [0.25, 0.3) is 18.3 Å². The van der Waals surface area contributed by atoms with Crippen molar-refractivity contribution in [3.63, 3.8) is 0 Å². The van der Waals surface area contributed by atoms with Gasteiger partial charge in [-0.25, -0.2) is 81.7 Å². The summed E-state index contributed by atoms with van der Waals surface area (Å²) in [6.45, 7) is 5.51. The van der Waals surface area contributed by atoms with E-state index in [9.17, 15) is 43.2 Å². The van der Waals surface area contributed by atoms with E-state index in [1.165, 1.54) is 27.9 Å². The van der Waals surface area contributed by atoms with Gasteiger partial charge in [0, 0.05) is 25.2 Å². The van der Waals surface area contributed by atoms with Crippen molar-refractivity contribution in [1.82, 2.24) is 48.8 Å². The van der Waals surface area contributed by atoms with Crippen LogP contribution in [0, 0.1) is 37.1 Å². The Balaban J connectivity index is 0.000000444. The topological polar surface area (TPSA) is 360 Å². The Morgan fingerprint density at radius 1 is 0.759 bits per heavy atom.